The van der Waals surface area contributed by atoms with Crippen molar-refractivity contribution in [2.45, 2.75) is 20.4 Å². The van der Waals surface area contributed by atoms with Crippen LogP contribution in [-0.2, 0) is 16.1 Å². The molecular formula is C8H13N3O3. The second-order valence-corrected chi connectivity index (χ2v) is 2.62. The van der Waals surface area contributed by atoms with E-state index in [1.165, 1.54) is 0 Å². The lowest BCUT2D eigenvalue weighted by molar-refractivity contribution is -0.142. The number of carbonyl (C=O) groups is 1. The molecule has 0 aromatic carbocycles. The fourth-order valence-electron chi connectivity index (χ4n) is 0.892. The van der Waals surface area contributed by atoms with Crippen LogP contribution in [0, 0.1) is 6.92 Å². The number of nitrogens with zero attached hydrogens (tertiary/aromatic N) is 2. The molecule has 0 aliphatic carbocycles. The first-order valence-electron chi connectivity index (χ1n) is 4.37. The van der Waals surface area contributed by atoms with Gasteiger partial charge in [-0.25, -0.2) is 0 Å². The van der Waals surface area contributed by atoms with Gasteiger partial charge in [-0.2, -0.15) is 0 Å². The zero-order valence-electron chi connectivity index (χ0n) is 8.24. The van der Waals surface area contributed by atoms with Crippen molar-refractivity contribution >= 4 is 5.97 Å². The highest BCUT2D eigenvalue weighted by molar-refractivity contribution is 5.71. The first-order valence-corrected chi connectivity index (χ1v) is 4.37. The predicted molar refractivity (Wildman–Crippen MR) is 47.4 cm³/mol. The molecule has 14 heavy (non-hydrogen) atoms. The van der Waals surface area contributed by atoms with Crippen molar-refractivity contribution in [1.82, 2.24) is 15.5 Å². The van der Waals surface area contributed by atoms with Crippen molar-refractivity contribution in [2.75, 3.05) is 13.2 Å². The first-order chi connectivity index (χ1) is 6.72. The molecule has 0 fully saturated rings. The van der Waals surface area contributed by atoms with Gasteiger partial charge in [-0.05, 0) is 6.92 Å². The Morgan fingerprint density at radius 2 is 2.36 bits per heavy atom. The van der Waals surface area contributed by atoms with Gasteiger partial charge >= 0.3 is 5.97 Å². The highest BCUT2D eigenvalue weighted by Gasteiger charge is 2.04. The minimum atomic E-state index is -0.288. The number of hydrogen-bond donors (Lipinski definition) is 1. The number of rotatable bonds is 5. The quantitative estimate of drug-likeness (QED) is 0.674. The average molecular weight is 199 g/mol. The Morgan fingerprint density at radius 1 is 1.57 bits per heavy atom. The molecule has 0 atom stereocenters. The van der Waals surface area contributed by atoms with Gasteiger partial charge in [0.05, 0.1) is 19.7 Å². The summed E-state index contributed by atoms with van der Waals surface area (Å²) in [4.78, 5) is 10.9. The van der Waals surface area contributed by atoms with Crippen molar-refractivity contribution < 1.29 is 13.9 Å². The summed E-state index contributed by atoms with van der Waals surface area (Å²) in [5.41, 5.74) is 0. The Morgan fingerprint density at radius 3 is 2.93 bits per heavy atom. The van der Waals surface area contributed by atoms with Crippen molar-refractivity contribution in [2.24, 2.45) is 0 Å². The van der Waals surface area contributed by atoms with Crippen LogP contribution in [0.5, 0.6) is 0 Å². The largest absolute Gasteiger partial charge is 0.465 e. The summed E-state index contributed by atoms with van der Waals surface area (Å²) in [6, 6.07) is 0. The van der Waals surface area contributed by atoms with E-state index in [0.717, 1.165) is 0 Å². The van der Waals surface area contributed by atoms with Gasteiger partial charge in [0.1, 0.15) is 0 Å². The van der Waals surface area contributed by atoms with E-state index >= 15 is 0 Å². The van der Waals surface area contributed by atoms with E-state index < -0.39 is 0 Å². The number of esters is 1. The maximum Gasteiger partial charge on any atom is 0.319 e. The van der Waals surface area contributed by atoms with Crippen molar-refractivity contribution in [3.8, 4) is 0 Å². The van der Waals surface area contributed by atoms with Gasteiger partial charge in [-0.15, -0.1) is 10.2 Å². The molecule has 1 N–H and O–H groups in total. The van der Waals surface area contributed by atoms with E-state index in [2.05, 4.69) is 15.5 Å². The standard InChI is InChI=1S/C8H13N3O3/c1-3-13-8(12)5-9-4-7-11-10-6(2)14-7/h9H,3-5H2,1-2H3. The van der Waals surface area contributed by atoms with Crippen LogP contribution in [0.3, 0.4) is 0 Å². The van der Waals surface area contributed by atoms with Gasteiger partial charge in [0.2, 0.25) is 11.8 Å². The molecular weight excluding hydrogens is 186 g/mol. The fraction of sp³-hybridized carbons (Fsp3) is 0.625. The molecule has 6 heteroatoms. The summed E-state index contributed by atoms with van der Waals surface area (Å²) in [5.74, 6) is 0.688. The summed E-state index contributed by atoms with van der Waals surface area (Å²) in [6.07, 6.45) is 0. The summed E-state index contributed by atoms with van der Waals surface area (Å²) in [6.45, 7) is 4.39. The lowest BCUT2D eigenvalue weighted by Crippen LogP contribution is -2.24. The lowest BCUT2D eigenvalue weighted by Gasteiger charge is -2.01. The van der Waals surface area contributed by atoms with Crippen LogP contribution in [0.4, 0.5) is 0 Å². The third kappa shape index (κ3) is 3.53. The molecule has 0 saturated heterocycles. The molecule has 1 rings (SSSR count). The second-order valence-electron chi connectivity index (χ2n) is 2.62. The molecule has 0 spiro atoms. The van der Waals surface area contributed by atoms with Crippen LogP contribution >= 0.6 is 0 Å². The van der Waals surface area contributed by atoms with Gasteiger partial charge < -0.3 is 9.15 Å². The van der Waals surface area contributed by atoms with Crippen LogP contribution < -0.4 is 5.32 Å². The summed E-state index contributed by atoms with van der Waals surface area (Å²) < 4.78 is 9.81. The van der Waals surface area contributed by atoms with Gasteiger partial charge in [0.25, 0.3) is 0 Å². The SMILES string of the molecule is CCOC(=O)CNCc1nnc(C)o1. The minimum Gasteiger partial charge on any atom is -0.465 e. The molecule has 0 aliphatic heterocycles. The number of aromatic nitrogens is 2. The Balaban J connectivity index is 2.18. The van der Waals surface area contributed by atoms with E-state index in [-0.39, 0.29) is 12.5 Å². The molecule has 6 nitrogen and oxygen atoms in total. The van der Waals surface area contributed by atoms with Gasteiger partial charge in [0, 0.05) is 6.92 Å². The zero-order valence-corrected chi connectivity index (χ0v) is 8.24. The van der Waals surface area contributed by atoms with E-state index in [1.807, 2.05) is 0 Å². The highest BCUT2D eigenvalue weighted by atomic mass is 16.5. The molecule has 1 aromatic rings. The predicted octanol–water partition coefficient (Wildman–Crippen LogP) is 0.0307. The van der Waals surface area contributed by atoms with Crippen LogP contribution in [0.1, 0.15) is 18.7 Å². The van der Waals surface area contributed by atoms with E-state index in [9.17, 15) is 4.79 Å². The van der Waals surface area contributed by atoms with E-state index in [1.54, 1.807) is 13.8 Å². The molecule has 0 bridgehead atoms. The van der Waals surface area contributed by atoms with Gasteiger partial charge in [-0.3, -0.25) is 10.1 Å². The number of ether oxygens (including phenoxy) is 1. The normalized spacial score (nSPS) is 10.1. The third-order valence-electron chi connectivity index (χ3n) is 1.42. The van der Waals surface area contributed by atoms with Crippen molar-refractivity contribution in [3.63, 3.8) is 0 Å². The van der Waals surface area contributed by atoms with Crippen LogP contribution in [0.2, 0.25) is 0 Å². The fourth-order valence-corrected chi connectivity index (χ4v) is 0.892. The zero-order chi connectivity index (χ0) is 10.4. The van der Waals surface area contributed by atoms with Crippen LogP contribution in [0.15, 0.2) is 4.42 Å². The Hall–Kier alpha value is -1.43. The minimum absolute atomic E-state index is 0.148. The maximum absolute atomic E-state index is 10.9. The Bertz CT molecular complexity index is 298. The topological polar surface area (TPSA) is 77.2 Å². The number of aryl methyl sites for hydroxylation is 1. The Kier molecular flexibility index (Phi) is 4.06. The molecule has 0 saturated carbocycles. The Labute approximate surface area is 81.6 Å². The smallest absolute Gasteiger partial charge is 0.319 e. The van der Waals surface area contributed by atoms with Crippen molar-refractivity contribution in [3.05, 3.63) is 11.8 Å². The van der Waals surface area contributed by atoms with Crippen molar-refractivity contribution in [1.29, 1.82) is 0 Å². The average Bonchev–Trinajstić information content (AvgIpc) is 2.52. The maximum atomic E-state index is 10.9. The van der Waals surface area contributed by atoms with Gasteiger partial charge in [0.15, 0.2) is 0 Å². The monoisotopic (exact) mass is 199 g/mol. The number of nitrogens with one attached hydrogen (secondary N) is 1. The van der Waals surface area contributed by atoms with E-state index in [4.69, 9.17) is 9.15 Å². The summed E-state index contributed by atoms with van der Waals surface area (Å²) >= 11 is 0. The molecule has 78 valence electrons. The molecule has 0 amide bonds. The second kappa shape index (κ2) is 5.33. The summed E-state index contributed by atoms with van der Waals surface area (Å²) in [5, 5.41) is 10.2. The lowest BCUT2D eigenvalue weighted by atomic mass is 10.5. The molecule has 0 unspecified atom stereocenters. The first kappa shape index (κ1) is 10.6. The van der Waals surface area contributed by atoms with Gasteiger partial charge in [-0.1, -0.05) is 0 Å². The van der Waals surface area contributed by atoms with Crippen LogP contribution in [-0.4, -0.2) is 29.3 Å². The molecule has 1 heterocycles. The highest BCUT2D eigenvalue weighted by Crippen LogP contribution is 1.95. The number of hydrogen-bond acceptors (Lipinski definition) is 6. The number of carbonyl (C=O) groups excluding carboxylic acids is 1. The molecule has 0 radical (unpaired) electrons. The molecule has 0 aliphatic rings. The molecule has 1 aromatic heterocycles. The van der Waals surface area contributed by atoms with E-state index in [0.29, 0.717) is 24.9 Å². The summed E-state index contributed by atoms with van der Waals surface area (Å²) in [7, 11) is 0. The van der Waals surface area contributed by atoms with Crippen LogP contribution in [0.25, 0.3) is 0 Å². The third-order valence-corrected chi connectivity index (χ3v) is 1.42.